The minimum Gasteiger partial charge on any atom is -0.462 e. The summed E-state index contributed by atoms with van der Waals surface area (Å²) < 4.78 is 54.8. The normalized spacial score (nSPS) is 23.5. The topological polar surface area (TPSA) is 150 Å². The second kappa shape index (κ2) is 13.4. The van der Waals surface area contributed by atoms with E-state index >= 15 is 4.39 Å². The van der Waals surface area contributed by atoms with Gasteiger partial charge in [0.15, 0.2) is 29.4 Å². The molecule has 1 unspecified atom stereocenters. The van der Waals surface area contributed by atoms with Crippen molar-refractivity contribution in [2.24, 2.45) is 0 Å². The third-order valence-electron chi connectivity index (χ3n) is 7.41. The average Bonchev–Trinajstić information content (AvgIpc) is 3.53. The van der Waals surface area contributed by atoms with Crippen LogP contribution < -0.4 is 14.5 Å². The van der Waals surface area contributed by atoms with Crippen molar-refractivity contribution in [2.75, 3.05) is 31.5 Å². The zero-order chi connectivity index (χ0) is 33.4. The largest absolute Gasteiger partial charge is 0.462 e. The Morgan fingerprint density at radius 2 is 1.93 bits per heavy atom. The van der Waals surface area contributed by atoms with E-state index in [1.54, 1.807) is 64.0 Å². The number of imidazole rings is 1. The second-order valence-corrected chi connectivity index (χ2v) is 13.5. The summed E-state index contributed by atoms with van der Waals surface area (Å²) in [5, 5.41) is 15.2. The van der Waals surface area contributed by atoms with E-state index in [9.17, 15) is 14.5 Å². The maximum Gasteiger partial charge on any atom is 0.459 e. The van der Waals surface area contributed by atoms with E-state index in [0.717, 1.165) is 5.39 Å². The lowest BCUT2D eigenvalue weighted by atomic mass is 9.99. The van der Waals surface area contributed by atoms with Crippen molar-refractivity contribution in [2.45, 2.75) is 63.9 Å². The molecule has 1 aliphatic rings. The number of nitrogens with zero attached hydrogens (tertiary/aromatic N) is 5. The number of hydrogen-bond acceptors (Lipinski definition) is 11. The summed E-state index contributed by atoms with van der Waals surface area (Å²) in [4.78, 5) is 27.6. The molecule has 4 aromatic rings. The summed E-state index contributed by atoms with van der Waals surface area (Å²) in [6.07, 6.45) is -4.34. The zero-order valence-electron chi connectivity index (χ0n) is 26.3. The standard InChI is InChI=1S/C30H37ClFN6O7P/c1-17(2)43-29(40)18(3)36-46(41,45-22-13-9-11-20-10-7-8-12-21(20)22)42-15-30(14-31)25(39)23(32)28(44-30)38-16-33-24-26(37(5)6)34-19(4)35-27(24)38/h7-13,16-18,23,25,28,39H,14-15H2,1-6H3,(H,36,41)/t18-,23+,25-,28+,30+,46?/m0/s1. The van der Waals surface area contributed by atoms with Crippen molar-refractivity contribution in [3.63, 3.8) is 0 Å². The summed E-state index contributed by atoms with van der Waals surface area (Å²) in [6.45, 7) is 5.81. The first-order valence-corrected chi connectivity index (χ1v) is 16.7. The highest BCUT2D eigenvalue weighted by Gasteiger charge is 2.57. The van der Waals surface area contributed by atoms with Gasteiger partial charge >= 0.3 is 13.7 Å². The Morgan fingerprint density at radius 1 is 1.22 bits per heavy atom. The van der Waals surface area contributed by atoms with E-state index in [4.69, 9.17) is 30.1 Å². The van der Waals surface area contributed by atoms with Gasteiger partial charge in [-0.1, -0.05) is 36.4 Å². The monoisotopic (exact) mass is 678 g/mol. The molecule has 46 heavy (non-hydrogen) atoms. The molecule has 2 N–H and O–H groups in total. The number of carbonyl (C=O) groups is 1. The summed E-state index contributed by atoms with van der Waals surface area (Å²) in [6, 6.07) is 11.3. The van der Waals surface area contributed by atoms with Gasteiger partial charge in [-0.05, 0) is 39.1 Å². The number of carbonyl (C=O) groups excluding carboxylic acids is 1. The molecule has 6 atom stereocenters. The molecule has 1 saturated heterocycles. The number of halogens is 2. The van der Waals surface area contributed by atoms with Crippen LogP contribution in [-0.2, 0) is 23.4 Å². The number of esters is 1. The van der Waals surface area contributed by atoms with Gasteiger partial charge in [0, 0.05) is 19.5 Å². The van der Waals surface area contributed by atoms with Crippen LogP contribution >= 0.6 is 19.3 Å². The highest BCUT2D eigenvalue weighted by Crippen LogP contribution is 2.50. The second-order valence-electron chi connectivity index (χ2n) is 11.6. The zero-order valence-corrected chi connectivity index (χ0v) is 27.9. The summed E-state index contributed by atoms with van der Waals surface area (Å²) in [5.74, 6) is -0.0151. The van der Waals surface area contributed by atoms with Crippen molar-refractivity contribution in [3.05, 3.63) is 54.6 Å². The number of aliphatic hydroxyl groups is 1. The van der Waals surface area contributed by atoms with Gasteiger partial charge in [-0.2, -0.15) is 5.09 Å². The van der Waals surface area contributed by atoms with Crippen molar-refractivity contribution >= 4 is 53.1 Å². The van der Waals surface area contributed by atoms with E-state index in [2.05, 4.69) is 20.0 Å². The van der Waals surface area contributed by atoms with E-state index < -0.39 is 62.5 Å². The van der Waals surface area contributed by atoms with E-state index in [0.29, 0.717) is 22.5 Å². The minimum absolute atomic E-state index is 0.198. The number of benzene rings is 2. The molecule has 3 heterocycles. The van der Waals surface area contributed by atoms with E-state index in [-0.39, 0.29) is 11.4 Å². The number of aryl methyl sites for hydroxylation is 1. The number of anilines is 1. The maximum absolute atomic E-state index is 15.9. The Hall–Kier alpha value is -3.39. The SMILES string of the molecule is Cc1nc(N(C)C)c2ncn([C@@H]3O[C@](CCl)(COP(=O)(N[C@@H](C)C(=O)OC(C)C)Oc4cccc5ccccc45)[C@@H](O)[C@H]3F)c2n1. The third-order valence-corrected chi connectivity index (χ3v) is 9.47. The molecule has 2 aromatic heterocycles. The van der Waals surface area contributed by atoms with Gasteiger partial charge in [0.05, 0.1) is 24.9 Å². The van der Waals surface area contributed by atoms with Crippen molar-refractivity contribution in [1.82, 2.24) is 24.6 Å². The molecule has 13 nitrogen and oxygen atoms in total. The molecule has 0 spiro atoms. The molecule has 0 aliphatic carbocycles. The predicted octanol–water partition coefficient (Wildman–Crippen LogP) is 4.69. The number of hydrogen-bond donors (Lipinski definition) is 2. The van der Waals surface area contributed by atoms with Crippen LogP contribution in [0, 0.1) is 6.92 Å². The van der Waals surface area contributed by atoms with Crippen LogP contribution in [-0.4, -0.2) is 87.2 Å². The summed E-state index contributed by atoms with van der Waals surface area (Å²) in [5.41, 5.74) is -1.21. The van der Waals surface area contributed by atoms with Crippen LogP contribution in [0.5, 0.6) is 5.75 Å². The molecule has 0 bridgehead atoms. The smallest absolute Gasteiger partial charge is 0.459 e. The Labute approximate surface area is 270 Å². The fourth-order valence-electron chi connectivity index (χ4n) is 5.12. The first-order valence-electron chi connectivity index (χ1n) is 14.6. The molecule has 0 radical (unpaired) electrons. The molecule has 1 aliphatic heterocycles. The summed E-state index contributed by atoms with van der Waals surface area (Å²) >= 11 is 6.33. The fraction of sp³-hybridized carbons (Fsp3) is 0.467. The van der Waals surface area contributed by atoms with Gasteiger partial charge in [0.2, 0.25) is 0 Å². The Balaban J connectivity index is 1.46. The molecule has 0 amide bonds. The van der Waals surface area contributed by atoms with Gasteiger partial charge in [-0.3, -0.25) is 13.9 Å². The van der Waals surface area contributed by atoms with Gasteiger partial charge in [0.1, 0.15) is 29.3 Å². The van der Waals surface area contributed by atoms with Crippen LogP contribution in [0.2, 0.25) is 0 Å². The Bertz CT molecular complexity index is 1770. The van der Waals surface area contributed by atoms with Crippen molar-refractivity contribution < 1.29 is 37.4 Å². The number of aliphatic hydroxyl groups excluding tert-OH is 1. The van der Waals surface area contributed by atoms with Gasteiger partial charge in [0.25, 0.3) is 0 Å². The fourth-order valence-corrected chi connectivity index (χ4v) is 6.98. The molecule has 2 aromatic carbocycles. The van der Waals surface area contributed by atoms with Crippen molar-refractivity contribution in [1.29, 1.82) is 0 Å². The molecule has 248 valence electrons. The highest BCUT2D eigenvalue weighted by molar-refractivity contribution is 7.52. The number of ether oxygens (including phenoxy) is 2. The Kier molecular flexibility index (Phi) is 9.88. The molecular weight excluding hydrogens is 642 g/mol. The molecule has 5 rings (SSSR count). The molecule has 1 fully saturated rings. The molecule has 16 heteroatoms. The number of fused-ring (bicyclic) bond motifs is 2. The number of aromatic nitrogens is 4. The lowest BCUT2D eigenvalue weighted by Gasteiger charge is -2.31. The number of nitrogens with one attached hydrogen (secondary N) is 1. The Morgan fingerprint density at radius 3 is 2.63 bits per heavy atom. The van der Waals surface area contributed by atoms with Gasteiger partial charge in [-0.15, -0.1) is 11.6 Å². The van der Waals surface area contributed by atoms with Crippen molar-refractivity contribution in [3.8, 4) is 5.75 Å². The molecule has 0 saturated carbocycles. The van der Waals surface area contributed by atoms with Crippen LogP contribution in [0.1, 0.15) is 32.8 Å². The van der Waals surface area contributed by atoms with Gasteiger partial charge < -0.3 is 24.0 Å². The first-order chi connectivity index (χ1) is 21.8. The number of alkyl halides is 2. The highest BCUT2D eigenvalue weighted by atomic mass is 35.5. The van der Waals surface area contributed by atoms with E-state index in [1.165, 1.54) is 17.8 Å². The van der Waals surface area contributed by atoms with Crippen LogP contribution in [0.4, 0.5) is 10.2 Å². The van der Waals surface area contributed by atoms with E-state index in [1.807, 2.05) is 18.2 Å². The van der Waals surface area contributed by atoms with Crippen LogP contribution in [0.15, 0.2) is 48.8 Å². The lowest BCUT2D eigenvalue weighted by Crippen LogP contribution is -2.48. The minimum atomic E-state index is -4.46. The maximum atomic E-state index is 15.9. The molecular formula is C30H37ClFN6O7P. The third kappa shape index (κ3) is 6.69. The predicted molar refractivity (Wildman–Crippen MR) is 171 cm³/mol. The van der Waals surface area contributed by atoms with Crippen LogP contribution in [0.3, 0.4) is 0 Å². The summed E-state index contributed by atoms with van der Waals surface area (Å²) in [7, 11) is -0.882. The van der Waals surface area contributed by atoms with Gasteiger partial charge in [-0.25, -0.2) is 23.9 Å². The lowest BCUT2D eigenvalue weighted by molar-refractivity contribution is -0.149. The van der Waals surface area contributed by atoms with Crippen LogP contribution in [0.25, 0.3) is 21.9 Å². The first kappa shape index (κ1) is 34.0. The number of rotatable bonds is 12. The quantitative estimate of drug-likeness (QED) is 0.122. The average molecular weight is 679 g/mol.